The first-order valence-electron chi connectivity index (χ1n) is 9.60. The van der Waals surface area contributed by atoms with Gasteiger partial charge in [0, 0.05) is 13.2 Å². The standard InChI is InChI=1S/C21H23F3N4O/c1-27-17-4-3-9-25-20(17)26-19(27)13-28-10-7-14(8-11-28)16-6-5-15(21(22,23)24)12-18(16)29-2/h3-6,9,12,14H,7-8,10-11,13H2,1-2H3. The maximum absolute atomic E-state index is 13.0. The van der Waals surface area contributed by atoms with E-state index in [1.807, 2.05) is 19.2 Å². The molecule has 1 saturated heterocycles. The van der Waals surface area contributed by atoms with E-state index in [9.17, 15) is 13.2 Å². The molecule has 8 heteroatoms. The number of hydrogen-bond donors (Lipinski definition) is 0. The Hall–Kier alpha value is -2.61. The van der Waals surface area contributed by atoms with Crippen molar-refractivity contribution in [3.8, 4) is 5.75 Å². The Morgan fingerprint density at radius 2 is 1.93 bits per heavy atom. The van der Waals surface area contributed by atoms with E-state index in [0.29, 0.717) is 5.75 Å². The predicted molar refractivity (Wildman–Crippen MR) is 104 cm³/mol. The number of aryl methyl sites for hydroxylation is 1. The first-order chi connectivity index (χ1) is 13.9. The largest absolute Gasteiger partial charge is 0.496 e. The highest BCUT2D eigenvalue weighted by Gasteiger charge is 2.32. The van der Waals surface area contributed by atoms with Crippen molar-refractivity contribution >= 4 is 11.2 Å². The molecule has 0 aliphatic carbocycles. The van der Waals surface area contributed by atoms with Crippen LogP contribution in [0.4, 0.5) is 13.2 Å². The Kier molecular flexibility index (Phi) is 5.21. The number of imidazole rings is 1. The van der Waals surface area contributed by atoms with Crippen LogP contribution in [-0.4, -0.2) is 39.6 Å². The van der Waals surface area contributed by atoms with E-state index < -0.39 is 11.7 Å². The first-order valence-corrected chi connectivity index (χ1v) is 9.60. The second kappa shape index (κ2) is 7.67. The number of rotatable bonds is 4. The van der Waals surface area contributed by atoms with Gasteiger partial charge in [-0.2, -0.15) is 13.2 Å². The normalized spacial score (nSPS) is 16.4. The van der Waals surface area contributed by atoms with Gasteiger partial charge in [-0.05, 0) is 61.7 Å². The Morgan fingerprint density at radius 1 is 1.17 bits per heavy atom. The third-order valence-corrected chi connectivity index (χ3v) is 5.70. The lowest BCUT2D eigenvalue weighted by Crippen LogP contribution is -2.33. The van der Waals surface area contributed by atoms with E-state index in [0.717, 1.165) is 67.2 Å². The van der Waals surface area contributed by atoms with Crippen LogP contribution in [0.3, 0.4) is 0 Å². The fourth-order valence-corrected chi connectivity index (χ4v) is 4.04. The molecule has 29 heavy (non-hydrogen) atoms. The molecular weight excluding hydrogens is 381 g/mol. The number of benzene rings is 1. The summed E-state index contributed by atoms with van der Waals surface area (Å²) in [5.41, 5.74) is 1.93. The summed E-state index contributed by atoms with van der Waals surface area (Å²) in [4.78, 5) is 11.3. The van der Waals surface area contributed by atoms with E-state index >= 15 is 0 Å². The Balaban J connectivity index is 1.45. The summed E-state index contributed by atoms with van der Waals surface area (Å²) in [6, 6.07) is 7.72. The molecule has 0 atom stereocenters. The molecule has 0 unspecified atom stereocenters. The number of nitrogens with zero attached hydrogens (tertiary/aromatic N) is 4. The Bertz CT molecular complexity index is 1010. The molecular formula is C21H23F3N4O. The minimum Gasteiger partial charge on any atom is -0.496 e. The average Bonchev–Trinajstić information content (AvgIpc) is 3.03. The monoisotopic (exact) mass is 404 g/mol. The maximum Gasteiger partial charge on any atom is 0.416 e. The van der Waals surface area contributed by atoms with Crippen LogP contribution in [-0.2, 0) is 19.8 Å². The molecule has 1 aliphatic rings. The van der Waals surface area contributed by atoms with Gasteiger partial charge < -0.3 is 9.30 Å². The van der Waals surface area contributed by atoms with Crippen molar-refractivity contribution in [1.82, 2.24) is 19.4 Å². The zero-order valence-corrected chi connectivity index (χ0v) is 16.4. The smallest absolute Gasteiger partial charge is 0.416 e. The van der Waals surface area contributed by atoms with E-state index in [1.54, 1.807) is 12.3 Å². The molecule has 1 aromatic carbocycles. The van der Waals surface area contributed by atoms with E-state index in [2.05, 4.69) is 19.4 Å². The van der Waals surface area contributed by atoms with Crippen LogP contribution < -0.4 is 4.74 Å². The first kappa shape index (κ1) is 19.7. The number of fused-ring (bicyclic) bond motifs is 1. The van der Waals surface area contributed by atoms with Crippen LogP contribution in [0.25, 0.3) is 11.2 Å². The van der Waals surface area contributed by atoms with Crippen molar-refractivity contribution in [1.29, 1.82) is 0 Å². The minimum atomic E-state index is -4.37. The van der Waals surface area contributed by atoms with Gasteiger partial charge in [0.15, 0.2) is 5.65 Å². The molecule has 154 valence electrons. The Morgan fingerprint density at radius 3 is 2.59 bits per heavy atom. The zero-order valence-electron chi connectivity index (χ0n) is 16.4. The number of pyridine rings is 1. The number of piperidine rings is 1. The summed E-state index contributed by atoms with van der Waals surface area (Å²) in [5.74, 6) is 1.47. The molecule has 0 saturated carbocycles. The van der Waals surface area contributed by atoms with Crippen LogP contribution in [0.15, 0.2) is 36.5 Å². The molecule has 2 aromatic heterocycles. The van der Waals surface area contributed by atoms with Gasteiger partial charge in [0.25, 0.3) is 0 Å². The molecule has 0 amide bonds. The van der Waals surface area contributed by atoms with Crippen molar-refractivity contribution in [2.75, 3.05) is 20.2 Å². The summed E-state index contributed by atoms with van der Waals surface area (Å²) < 4.78 is 46.2. The van der Waals surface area contributed by atoms with Gasteiger partial charge in [-0.3, -0.25) is 4.90 Å². The van der Waals surface area contributed by atoms with Gasteiger partial charge >= 0.3 is 6.18 Å². The van der Waals surface area contributed by atoms with Crippen LogP contribution in [0.2, 0.25) is 0 Å². The quantitative estimate of drug-likeness (QED) is 0.648. The molecule has 0 bridgehead atoms. The highest BCUT2D eigenvalue weighted by molar-refractivity contribution is 5.71. The fraction of sp³-hybridized carbons (Fsp3) is 0.429. The number of halogens is 3. The highest BCUT2D eigenvalue weighted by atomic mass is 19.4. The zero-order chi connectivity index (χ0) is 20.6. The Labute approximate surface area is 167 Å². The molecule has 3 heterocycles. The van der Waals surface area contributed by atoms with E-state index in [1.165, 1.54) is 7.11 Å². The lowest BCUT2D eigenvalue weighted by Gasteiger charge is -2.32. The molecule has 0 N–H and O–H groups in total. The average molecular weight is 404 g/mol. The second-order valence-electron chi connectivity index (χ2n) is 7.44. The third-order valence-electron chi connectivity index (χ3n) is 5.70. The number of methoxy groups -OCH3 is 1. The number of hydrogen-bond acceptors (Lipinski definition) is 4. The van der Waals surface area contributed by atoms with Gasteiger partial charge in [-0.15, -0.1) is 0 Å². The molecule has 1 fully saturated rings. The van der Waals surface area contributed by atoms with Crippen molar-refractivity contribution in [2.45, 2.75) is 31.5 Å². The number of ether oxygens (including phenoxy) is 1. The lowest BCUT2D eigenvalue weighted by molar-refractivity contribution is -0.137. The summed E-state index contributed by atoms with van der Waals surface area (Å²) in [7, 11) is 3.42. The maximum atomic E-state index is 13.0. The minimum absolute atomic E-state index is 0.186. The SMILES string of the molecule is COc1cc(C(F)(F)F)ccc1C1CCN(Cc2nc3ncccc3n2C)CC1. The lowest BCUT2D eigenvalue weighted by atomic mass is 9.88. The summed E-state index contributed by atoms with van der Waals surface area (Å²) in [5, 5.41) is 0. The predicted octanol–water partition coefficient (Wildman–Crippen LogP) is 4.38. The molecule has 0 radical (unpaired) electrons. The number of aromatic nitrogens is 3. The molecule has 5 nitrogen and oxygen atoms in total. The summed E-state index contributed by atoms with van der Waals surface area (Å²) in [6.45, 7) is 2.43. The van der Waals surface area contributed by atoms with E-state index in [-0.39, 0.29) is 5.92 Å². The van der Waals surface area contributed by atoms with Crippen molar-refractivity contribution in [3.63, 3.8) is 0 Å². The van der Waals surface area contributed by atoms with Crippen LogP contribution in [0.5, 0.6) is 5.75 Å². The highest BCUT2D eigenvalue weighted by Crippen LogP contribution is 2.38. The third kappa shape index (κ3) is 3.94. The topological polar surface area (TPSA) is 43.2 Å². The van der Waals surface area contributed by atoms with Gasteiger partial charge in [-0.1, -0.05) is 6.07 Å². The van der Waals surface area contributed by atoms with Crippen molar-refractivity contribution < 1.29 is 17.9 Å². The number of likely N-dealkylation sites (tertiary alicyclic amines) is 1. The fourth-order valence-electron chi connectivity index (χ4n) is 4.04. The van der Waals surface area contributed by atoms with Crippen LogP contribution >= 0.6 is 0 Å². The van der Waals surface area contributed by atoms with Gasteiger partial charge in [0.1, 0.15) is 11.6 Å². The van der Waals surface area contributed by atoms with Crippen LogP contribution in [0.1, 0.15) is 35.7 Å². The van der Waals surface area contributed by atoms with Crippen LogP contribution in [0, 0.1) is 0 Å². The van der Waals surface area contributed by atoms with Crippen molar-refractivity contribution in [3.05, 3.63) is 53.5 Å². The van der Waals surface area contributed by atoms with Gasteiger partial charge in [-0.25, -0.2) is 9.97 Å². The number of alkyl halides is 3. The van der Waals surface area contributed by atoms with Gasteiger partial charge in [0.05, 0.1) is 24.7 Å². The summed E-state index contributed by atoms with van der Waals surface area (Å²) in [6.07, 6.45) is -0.897. The van der Waals surface area contributed by atoms with Gasteiger partial charge in [0.2, 0.25) is 0 Å². The molecule has 4 rings (SSSR count). The van der Waals surface area contributed by atoms with Crippen molar-refractivity contribution in [2.24, 2.45) is 7.05 Å². The summed E-state index contributed by atoms with van der Waals surface area (Å²) >= 11 is 0. The molecule has 3 aromatic rings. The molecule has 0 spiro atoms. The second-order valence-corrected chi connectivity index (χ2v) is 7.44. The van der Waals surface area contributed by atoms with E-state index in [4.69, 9.17) is 4.74 Å². The molecule has 1 aliphatic heterocycles.